The molecule has 0 saturated carbocycles. The van der Waals surface area contributed by atoms with Crippen LogP contribution in [0.2, 0.25) is 0 Å². The molecule has 3 atom stereocenters. The highest BCUT2D eigenvalue weighted by Crippen LogP contribution is 2.38. The second-order valence-electron chi connectivity index (χ2n) is 23.3. The highest BCUT2D eigenvalue weighted by atomic mass is 31.2. The summed E-state index contributed by atoms with van der Waals surface area (Å²) in [5.74, 6) is -0.543. The molecule has 0 aromatic carbocycles. The van der Waals surface area contributed by atoms with Gasteiger partial charge in [0, 0.05) is 12.8 Å². The van der Waals surface area contributed by atoms with Gasteiger partial charge in [-0.3, -0.25) is 14.2 Å². The number of likely N-dealkylation sites (N-methyl/N-ethyl adjacent to an activating group) is 1. The summed E-state index contributed by atoms with van der Waals surface area (Å²) >= 11 is 0. The number of nitrogens with zero attached hydrogens (tertiary/aromatic N) is 1. The van der Waals surface area contributed by atoms with Crippen LogP contribution in [0.5, 0.6) is 0 Å². The van der Waals surface area contributed by atoms with E-state index < -0.39 is 26.6 Å². The topological polar surface area (TPSA) is 114 Å². The molecule has 446 valence electrons. The standard InChI is InChI=1S/C66H125N2O7P/c1-7-10-13-16-19-22-25-28-30-32-33-34-35-36-38-41-44-47-50-53-56-59-66(70)75-64(57-54-51-48-45-42-39-27-24-21-18-15-12-9-3)63(62-74-76(71,72)73-61-60-68(4,5)6)67-65(69)58-55-52-49-46-43-40-37-31-29-26-23-20-17-14-11-8-2/h19,22,28,30-31,37,54,57,63-64H,7-18,20-21,23-27,29,32-36,38-53,55-56,58-62H2,1-6H3,(H-,67,69,71,72)/b22-19-,30-28-,37-31+,57-54+. The van der Waals surface area contributed by atoms with Crippen molar-refractivity contribution in [2.45, 2.75) is 322 Å². The Morgan fingerprint density at radius 1 is 0.461 bits per heavy atom. The van der Waals surface area contributed by atoms with E-state index in [0.717, 1.165) is 83.5 Å². The Balaban J connectivity index is 5.22. The predicted octanol–water partition coefficient (Wildman–Crippen LogP) is 19.4. The molecule has 3 unspecified atom stereocenters. The van der Waals surface area contributed by atoms with Crippen LogP contribution in [-0.4, -0.2) is 69.4 Å². The Morgan fingerprint density at radius 2 is 0.803 bits per heavy atom. The minimum absolute atomic E-state index is 0.0234. The van der Waals surface area contributed by atoms with Crippen molar-refractivity contribution in [3.05, 3.63) is 48.6 Å². The highest BCUT2D eigenvalue weighted by Gasteiger charge is 2.27. The Kier molecular flexibility index (Phi) is 54.7. The maximum absolute atomic E-state index is 13.5. The van der Waals surface area contributed by atoms with Gasteiger partial charge >= 0.3 is 5.97 Å². The quantitative estimate of drug-likeness (QED) is 0.0212. The first kappa shape index (κ1) is 74.0. The lowest BCUT2D eigenvalue weighted by Gasteiger charge is -2.30. The molecule has 0 radical (unpaired) electrons. The van der Waals surface area contributed by atoms with Crippen molar-refractivity contribution >= 4 is 19.7 Å². The van der Waals surface area contributed by atoms with Gasteiger partial charge in [0.05, 0.1) is 33.8 Å². The first-order chi connectivity index (χ1) is 36.9. The second-order valence-corrected chi connectivity index (χ2v) is 24.7. The largest absolute Gasteiger partial charge is 0.756 e. The lowest BCUT2D eigenvalue weighted by Crippen LogP contribution is -2.47. The zero-order chi connectivity index (χ0) is 55.7. The van der Waals surface area contributed by atoms with E-state index in [1.807, 2.05) is 33.3 Å². The van der Waals surface area contributed by atoms with Gasteiger partial charge in [-0.15, -0.1) is 0 Å². The monoisotopic (exact) mass is 1090 g/mol. The Bertz CT molecular complexity index is 1440. The predicted molar refractivity (Wildman–Crippen MR) is 326 cm³/mol. The molecular formula is C66H125N2O7P. The third-order valence-electron chi connectivity index (χ3n) is 14.5. The number of unbranched alkanes of at least 4 members (excludes halogenated alkanes) is 37. The molecular weight excluding hydrogens is 964 g/mol. The maximum Gasteiger partial charge on any atom is 0.306 e. The lowest BCUT2D eigenvalue weighted by molar-refractivity contribution is -0.870. The van der Waals surface area contributed by atoms with Gasteiger partial charge in [0.25, 0.3) is 7.82 Å². The molecule has 0 aliphatic carbocycles. The van der Waals surface area contributed by atoms with Gasteiger partial charge in [-0.25, -0.2) is 0 Å². The molecule has 0 fully saturated rings. The Morgan fingerprint density at radius 3 is 1.22 bits per heavy atom. The molecule has 0 saturated heterocycles. The third kappa shape index (κ3) is 56.7. The Hall–Kier alpha value is -2.03. The number of carbonyl (C=O) groups excluding carboxylic acids is 2. The molecule has 10 heteroatoms. The molecule has 0 heterocycles. The van der Waals surface area contributed by atoms with E-state index in [9.17, 15) is 19.0 Å². The number of hydrogen-bond donors (Lipinski definition) is 1. The van der Waals surface area contributed by atoms with Crippen LogP contribution in [0.25, 0.3) is 0 Å². The van der Waals surface area contributed by atoms with Gasteiger partial charge in [-0.05, 0) is 89.5 Å². The van der Waals surface area contributed by atoms with E-state index in [-0.39, 0.29) is 24.9 Å². The molecule has 0 aromatic rings. The number of quaternary nitrogens is 1. The number of carbonyl (C=O) groups is 2. The number of amides is 1. The summed E-state index contributed by atoms with van der Waals surface area (Å²) in [5, 5.41) is 3.03. The zero-order valence-electron chi connectivity index (χ0n) is 51.0. The van der Waals surface area contributed by atoms with Gasteiger partial charge in [0.15, 0.2) is 0 Å². The first-order valence-corrected chi connectivity index (χ1v) is 33.9. The SMILES string of the molecule is CCCCC/C=C\C/C=C\CCCCCCCCCCCCCC(=O)OC(/C=C/CCCCCCCCCCCCC)C(COP(=O)([O-])OCC[N+](C)(C)C)NC(=O)CCCCCCC/C=C/CCCCCCCCC. The lowest BCUT2D eigenvalue weighted by atomic mass is 10.0. The fourth-order valence-corrected chi connectivity index (χ4v) is 10.2. The minimum Gasteiger partial charge on any atom is -0.756 e. The summed E-state index contributed by atoms with van der Waals surface area (Å²) in [6.07, 6.45) is 69.3. The fraction of sp³-hybridized carbons (Fsp3) is 0.848. The third-order valence-corrected chi connectivity index (χ3v) is 15.4. The highest BCUT2D eigenvalue weighted by molar-refractivity contribution is 7.45. The van der Waals surface area contributed by atoms with Crippen molar-refractivity contribution < 1.29 is 37.3 Å². The first-order valence-electron chi connectivity index (χ1n) is 32.4. The molecule has 1 N–H and O–H groups in total. The number of hydrogen-bond acceptors (Lipinski definition) is 7. The summed E-state index contributed by atoms with van der Waals surface area (Å²) in [7, 11) is 1.19. The molecule has 0 aromatic heterocycles. The van der Waals surface area contributed by atoms with Crippen LogP contribution >= 0.6 is 7.82 Å². The number of phosphoric acid groups is 1. The van der Waals surface area contributed by atoms with Crippen LogP contribution in [0.4, 0.5) is 0 Å². The number of nitrogens with one attached hydrogen (secondary N) is 1. The van der Waals surface area contributed by atoms with Crippen molar-refractivity contribution in [3.8, 4) is 0 Å². The number of esters is 1. The van der Waals surface area contributed by atoms with E-state index >= 15 is 0 Å². The maximum atomic E-state index is 13.5. The average molecular weight is 1090 g/mol. The number of ether oxygens (including phenoxy) is 1. The van der Waals surface area contributed by atoms with Crippen LogP contribution < -0.4 is 10.2 Å². The van der Waals surface area contributed by atoms with Gasteiger partial charge in [0.1, 0.15) is 19.3 Å². The summed E-state index contributed by atoms with van der Waals surface area (Å²) in [5.41, 5.74) is 0. The van der Waals surface area contributed by atoms with Gasteiger partial charge in [-0.2, -0.15) is 0 Å². The van der Waals surface area contributed by atoms with Crippen LogP contribution in [0.15, 0.2) is 48.6 Å². The second kappa shape index (κ2) is 56.3. The van der Waals surface area contributed by atoms with Crippen molar-refractivity contribution in [1.29, 1.82) is 0 Å². The summed E-state index contributed by atoms with van der Waals surface area (Å²) in [6.45, 7) is 6.84. The van der Waals surface area contributed by atoms with E-state index in [1.165, 1.54) is 193 Å². The summed E-state index contributed by atoms with van der Waals surface area (Å²) in [4.78, 5) is 40.0. The van der Waals surface area contributed by atoms with Crippen molar-refractivity contribution in [2.24, 2.45) is 0 Å². The van der Waals surface area contributed by atoms with Gasteiger partial charge in [0.2, 0.25) is 5.91 Å². The average Bonchev–Trinajstić information content (AvgIpc) is 3.38. The van der Waals surface area contributed by atoms with Crippen LogP contribution in [0.3, 0.4) is 0 Å². The number of phosphoric ester groups is 1. The number of rotatable bonds is 59. The van der Waals surface area contributed by atoms with Crippen LogP contribution in [-0.2, 0) is 27.9 Å². The molecule has 0 aliphatic heterocycles. The van der Waals surface area contributed by atoms with E-state index in [1.54, 1.807) is 0 Å². The van der Waals surface area contributed by atoms with Gasteiger partial charge in [-0.1, -0.05) is 256 Å². The molecule has 76 heavy (non-hydrogen) atoms. The van der Waals surface area contributed by atoms with Crippen molar-refractivity contribution in [2.75, 3.05) is 40.9 Å². The van der Waals surface area contributed by atoms with E-state index in [2.05, 4.69) is 62.5 Å². The van der Waals surface area contributed by atoms with E-state index in [4.69, 9.17) is 13.8 Å². The van der Waals surface area contributed by atoms with Crippen molar-refractivity contribution in [3.63, 3.8) is 0 Å². The molecule has 9 nitrogen and oxygen atoms in total. The molecule has 0 bridgehead atoms. The van der Waals surface area contributed by atoms with Crippen LogP contribution in [0.1, 0.15) is 310 Å². The smallest absolute Gasteiger partial charge is 0.306 e. The normalized spacial score (nSPS) is 13.9. The molecule has 1 amide bonds. The van der Waals surface area contributed by atoms with Crippen molar-refractivity contribution in [1.82, 2.24) is 5.32 Å². The van der Waals surface area contributed by atoms with E-state index in [0.29, 0.717) is 17.4 Å². The molecule has 0 aliphatic rings. The minimum atomic E-state index is -4.70. The number of allylic oxidation sites excluding steroid dienone is 7. The fourth-order valence-electron chi connectivity index (χ4n) is 9.43. The van der Waals surface area contributed by atoms with Crippen LogP contribution in [0, 0.1) is 0 Å². The molecule has 0 spiro atoms. The summed E-state index contributed by atoms with van der Waals surface area (Å²) < 4.78 is 30.4. The summed E-state index contributed by atoms with van der Waals surface area (Å²) in [6, 6.07) is -0.892. The van der Waals surface area contributed by atoms with Gasteiger partial charge < -0.3 is 28.5 Å². The molecule has 0 rings (SSSR count). The Labute approximate surface area is 471 Å². The zero-order valence-corrected chi connectivity index (χ0v) is 51.9.